The Kier molecular flexibility index (Phi) is 4.03. The molecular weight excluding hydrogens is 353 g/mol. The summed E-state index contributed by atoms with van der Waals surface area (Å²) in [6, 6.07) is 9.93. The smallest absolute Gasteiger partial charge is 0.270 e. The van der Waals surface area contributed by atoms with Crippen molar-refractivity contribution >= 4 is 28.6 Å². The van der Waals surface area contributed by atoms with E-state index in [2.05, 4.69) is 15.3 Å². The highest BCUT2D eigenvalue weighted by molar-refractivity contribution is 7.18. The van der Waals surface area contributed by atoms with Gasteiger partial charge in [-0.15, -0.1) is 11.3 Å². The quantitative estimate of drug-likeness (QED) is 0.690. The second-order valence-corrected chi connectivity index (χ2v) is 7.01. The van der Waals surface area contributed by atoms with Crippen LogP contribution in [-0.4, -0.2) is 15.9 Å². The molecule has 1 aromatic carbocycles. The highest BCUT2D eigenvalue weighted by atomic mass is 35.5. The van der Waals surface area contributed by atoms with Gasteiger partial charge in [-0.3, -0.25) is 0 Å². The molecule has 1 aliphatic rings. The van der Waals surface area contributed by atoms with Gasteiger partial charge in [0, 0.05) is 12.8 Å². The third-order valence-corrected chi connectivity index (χ3v) is 4.84. The van der Waals surface area contributed by atoms with Gasteiger partial charge in [0.05, 0.1) is 9.21 Å². The third kappa shape index (κ3) is 3.18. The van der Waals surface area contributed by atoms with E-state index in [4.69, 9.17) is 21.0 Å². The van der Waals surface area contributed by atoms with Crippen LogP contribution in [-0.2, 0) is 11.3 Å². The zero-order valence-electron chi connectivity index (χ0n) is 12.3. The first kappa shape index (κ1) is 15.3. The van der Waals surface area contributed by atoms with Gasteiger partial charge in [0.15, 0.2) is 5.82 Å². The predicted octanol–water partition coefficient (Wildman–Crippen LogP) is 4.38. The van der Waals surface area contributed by atoms with Gasteiger partial charge >= 0.3 is 0 Å². The van der Waals surface area contributed by atoms with E-state index in [1.807, 2.05) is 12.1 Å². The molecule has 24 heavy (non-hydrogen) atoms. The number of benzene rings is 1. The fraction of sp³-hybridized carbons (Fsp3) is 0.188. The van der Waals surface area contributed by atoms with Crippen molar-refractivity contribution in [2.45, 2.75) is 18.9 Å². The molecule has 122 valence electrons. The standard InChI is InChI=1S/C16H11ClFN3O2S/c17-14-6-5-13(24-14)11-8-12(22-20-11)16-19-15(21-23-16)7-9-1-3-10(18)4-2-9/h1-6,12H,7-8H2/t12-/m1/s1. The molecule has 8 heteroatoms. The Bertz CT molecular complexity index is 891. The Balaban J connectivity index is 1.43. The predicted molar refractivity (Wildman–Crippen MR) is 87.8 cm³/mol. The Morgan fingerprint density at radius 2 is 2.04 bits per heavy atom. The van der Waals surface area contributed by atoms with Gasteiger partial charge in [0.1, 0.15) is 11.5 Å². The first-order chi connectivity index (χ1) is 11.7. The van der Waals surface area contributed by atoms with E-state index in [-0.39, 0.29) is 5.82 Å². The van der Waals surface area contributed by atoms with E-state index in [1.54, 1.807) is 12.1 Å². The van der Waals surface area contributed by atoms with Gasteiger partial charge in [-0.25, -0.2) is 4.39 Å². The second kappa shape index (κ2) is 6.33. The minimum absolute atomic E-state index is 0.273. The van der Waals surface area contributed by atoms with Crippen molar-refractivity contribution in [2.24, 2.45) is 5.16 Å². The molecule has 0 saturated heterocycles. The molecule has 0 unspecified atom stereocenters. The summed E-state index contributed by atoms with van der Waals surface area (Å²) in [5.74, 6) is 0.631. The molecule has 3 aromatic rings. The molecule has 0 aliphatic carbocycles. The molecule has 1 atom stereocenters. The summed E-state index contributed by atoms with van der Waals surface area (Å²) in [5.41, 5.74) is 1.72. The number of nitrogens with zero attached hydrogens (tertiary/aromatic N) is 3. The van der Waals surface area contributed by atoms with Crippen LogP contribution >= 0.6 is 22.9 Å². The molecule has 2 aromatic heterocycles. The van der Waals surface area contributed by atoms with E-state index in [9.17, 15) is 4.39 Å². The van der Waals surface area contributed by atoms with Crippen LogP contribution in [0.15, 0.2) is 46.1 Å². The van der Waals surface area contributed by atoms with E-state index in [0.29, 0.717) is 28.9 Å². The number of hydrogen-bond donors (Lipinski definition) is 0. The minimum Gasteiger partial charge on any atom is -0.382 e. The summed E-state index contributed by atoms with van der Waals surface area (Å²) in [4.78, 5) is 10.7. The number of halogens is 2. The van der Waals surface area contributed by atoms with Crippen molar-refractivity contribution < 1.29 is 13.8 Å². The molecule has 0 amide bonds. The fourth-order valence-electron chi connectivity index (χ4n) is 2.38. The third-order valence-electron chi connectivity index (χ3n) is 3.56. The van der Waals surface area contributed by atoms with Crippen LogP contribution in [0.1, 0.15) is 34.7 Å². The molecule has 1 aliphatic heterocycles. The lowest BCUT2D eigenvalue weighted by molar-refractivity contribution is 0.0599. The van der Waals surface area contributed by atoms with Gasteiger partial charge in [-0.2, -0.15) is 4.98 Å². The lowest BCUT2D eigenvalue weighted by Gasteiger charge is -2.00. The summed E-state index contributed by atoms with van der Waals surface area (Å²) in [6.07, 6.45) is 0.620. The van der Waals surface area contributed by atoms with Crippen molar-refractivity contribution in [1.29, 1.82) is 0 Å². The van der Waals surface area contributed by atoms with Crippen molar-refractivity contribution in [3.8, 4) is 0 Å². The van der Waals surface area contributed by atoms with Crippen LogP contribution in [0.5, 0.6) is 0 Å². The Morgan fingerprint density at radius 3 is 2.79 bits per heavy atom. The SMILES string of the molecule is Fc1ccc(Cc2noc([C@H]3CC(c4ccc(Cl)s4)=NO3)n2)cc1. The zero-order chi connectivity index (χ0) is 16.5. The molecule has 0 N–H and O–H groups in total. The lowest BCUT2D eigenvalue weighted by Crippen LogP contribution is -2.01. The van der Waals surface area contributed by atoms with E-state index in [1.165, 1.54) is 23.5 Å². The topological polar surface area (TPSA) is 60.5 Å². The van der Waals surface area contributed by atoms with Gasteiger partial charge in [0.25, 0.3) is 5.89 Å². The summed E-state index contributed by atoms with van der Waals surface area (Å²) < 4.78 is 18.9. The highest BCUT2D eigenvalue weighted by Gasteiger charge is 2.29. The largest absolute Gasteiger partial charge is 0.382 e. The van der Waals surface area contributed by atoms with Crippen LogP contribution in [0.25, 0.3) is 0 Å². The van der Waals surface area contributed by atoms with Crippen LogP contribution in [0.2, 0.25) is 4.34 Å². The molecule has 3 heterocycles. The number of oxime groups is 1. The summed E-state index contributed by atoms with van der Waals surface area (Å²) in [7, 11) is 0. The maximum Gasteiger partial charge on any atom is 0.270 e. The molecule has 4 rings (SSSR count). The molecule has 0 fully saturated rings. The van der Waals surface area contributed by atoms with E-state index in [0.717, 1.165) is 16.2 Å². The Labute approximate surface area is 145 Å². The zero-order valence-corrected chi connectivity index (χ0v) is 13.9. The molecule has 0 radical (unpaired) electrons. The number of aromatic nitrogens is 2. The van der Waals surface area contributed by atoms with Crippen LogP contribution in [0, 0.1) is 5.82 Å². The molecule has 0 bridgehead atoms. The van der Waals surface area contributed by atoms with Gasteiger partial charge in [-0.05, 0) is 29.8 Å². The van der Waals surface area contributed by atoms with Crippen LogP contribution in [0.3, 0.4) is 0 Å². The van der Waals surface area contributed by atoms with Gasteiger partial charge in [-0.1, -0.05) is 34.0 Å². The molecular formula is C16H11ClFN3O2S. The highest BCUT2D eigenvalue weighted by Crippen LogP contribution is 2.32. The maximum absolute atomic E-state index is 12.9. The van der Waals surface area contributed by atoms with Crippen molar-refractivity contribution in [2.75, 3.05) is 0 Å². The summed E-state index contributed by atoms with van der Waals surface area (Å²) in [5, 5.41) is 8.03. The maximum atomic E-state index is 12.9. The number of hydrogen-bond acceptors (Lipinski definition) is 6. The first-order valence-electron chi connectivity index (χ1n) is 7.23. The number of rotatable bonds is 4. The average molecular weight is 364 g/mol. The van der Waals surface area contributed by atoms with Crippen molar-refractivity contribution in [1.82, 2.24) is 10.1 Å². The average Bonchev–Trinajstić information content (AvgIpc) is 3.29. The van der Waals surface area contributed by atoms with Crippen LogP contribution < -0.4 is 0 Å². The van der Waals surface area contributed by atoms with E-state index >= 15 is 0 Å². The Hall–Kier alpha value is -2.25. The first-order valence-corrected chi connectivity index (χ1v) is 8.42. The fourth-order valence-corrected chi connectivity index (χ4v) is 3.41. The van der Waals surface area contributed by atoms with Gasteiger partial charge in [0.2, 0.25) is 6.10 Å². The monoisotopic (exact) mass is 363 g/mol. The van der Waals surface area contributed by atoms with Crippen molar-refractivity contribution in [3.63, 3.8) is 0 Å². The summed E-state index contributed by atoms with van der Waals surface area (Å²) in [6.45, 7) is 0. The van der Waals surface area contributed by atoms with E-state index < -0.39 is 6.10 Å². The molecule has 0 saturated carbocycles. The lowest BCUT2D eigenvalue weighted by atomic mass is 10.1. The molecule has 5 nitrogen and oxygen atoms in total. The van der Waals surface area contributed by atoms with Crippen molar-refractivity contribution in [3.05, 3.63) is 68.7 Å². The number of thiophene rings is 1. The second-order valence-electron chi connectivity index (χ2n) is 5.29. The normalized spacial score (nSPS) is 16.9. The van der Waals surface area contributed by atoms with Gasteiger partial charge < -0.3 is 9.36 Å². The molecule has 0 spiro atoms. The Morgan fingerprint density at radius 1 is 1.21 bits per heavy atom. The van der Waals surface area contributed by atoms with Crippen LogP contribution in [0.4, 0.5) is 4.39 Å². The summed E-state index contributed by atoms with van der Waals surface area (Å²) >= 11 is 7.39. The minimum atomic E-state index is -0.393.